The number of rotatable bonds is 2. The second kappa shape index (κ2) is 6.32. The summed E-state index contributed by atoms with van der Waals surface area (Å²) in [6.07, 6.45) is 3.69. The summed E-state index contributed by atoms with van der Waals surface area (Å²) in [5.74, 6) is 1.45. The highest BCUT2D eigenvalue weighted by molar-refractivity contribution is 6.28. The zero-order chi connectivity index (χ0) is 14.8. The van der Waals surface area contributed by atoms with Gasteiger partial charge in [0.25, 0.3) is 0 Å². The Bertz CT molecular complexity index is 490. The van der Waals surface area contributed by atoms with Gasteiger partial charge in [-0.2, -0.15) is 15.0 Å². The summed E-state index contributed by atoms with van der Waals surface area (Å²) in [6, 6.07) is 0.493. The number of piperidine rings is 1. The SMILES string of the molecule is CC1CN(c2nc(Cl)nc(N3CCCCC3)n2)CCN1C. The summed E-state index contributed by atoms with van der Waals surface area (Å²) >= 11 is 6.13. The Morgan fingerprint density at radius 3 is 2.24 bits per heavy atom. The van der Waals surface area contributed by atoms with Gasteiger partial charge in [-0.15, -0.1) is 0 Å². The molecule has 116 valence electrons. The molecule has 1 atom stereocenters. The maximum Gasteiger partial charge on any atom is 0.231 e. The van der Waals surface area contributed by atoms with Crippen molar-refractivity contribution < 1.29 is 0 Å². The molecule has 3 heterocycles. The molecule has 0 bridgehead atoms. The van der Waals surface area contributed by atoms with Crippen LogP contribution in [0.1, 0.15) is 26.2 Å². The standard InChI is InChI=1S/C14H23ClN6/c1-11-10-21(9-8-19(11)2)14-17-12(15)16-13(18-14)20-6-4-3-5-7-20/h11H,3-10H2,1-2H3. The van der Waals surface area contributed by atoms with Crippen LogP contribution in [0.15, 0.2) is 0 Å². The van der Waals surface area contributed by atoms with E-state index in [0.717, 1.165) is 44.6 Å². The van der Waals surface area contributed by atoms with E-state index in [1.165, 1.54) is 19.3 Å². The fourth-order valence-electron chi connectivity index (χ4n) is 2.94. The number of hydrogen-bond donors (Lipinski definition) is 0. The molecule has 21 heavy (non-hydrogen) atoms. The van der Waals surface area contributed by atoms with Gasteiger partial charge in [0.2, 0.25) is 17.2 Å². The molecule has 2 aliphatic heterocycles. The lowest BCUT2D eigenvalue weighted by molar-refractivity contribution is 0.232. The van der Waals surface area contributed by atoms with Crippen molar-refractivity contribution in [2.24, 2.45) is 0 Å². The molecule has 0 aromatic carbocycles. The van der Waals surface area contributed by atoms with Crippen molar-refractivity contribution in [2.45, 2.75) is 32.2 Å². The quantitative estimate of drug-likeness (QED) is 0.828. The number of halogens is 1. The van der Waals surface area contributed by atoms with Crippen LogP contribution >= 0.6 is 11.6 Å². The van der Waals surface area contributed by atoms with Gasteiger partial charge in [0.05, 0.1) is 0 Å². The topological polar surface area (TPSA) is 48.4 Å². The van der Waals surface area contributed by atoms with Crippen LogP contribution in [-0.4, -0.2) is 65.7 Å². The van der Waals surface area contributed by atoms with E-state index in [1.807, 2.05) is 0 Å². The zero-order valence-corrected chi connectivity index (χ0v) is 13.6. The van der Waals surface area contributed by atoms with Crippen molar-refractivity contribution >= 4 is 23.5 Å². The molecule has 6 nitrogen and oxygen atoms in total. The van der Waals surface area contributed by atoms with Crippen molar-refractivity contribution in [3.05, 3.63) is 5.28 Å². The van der Waals surface area contributed by atoms with Gasteiger partial charge in [0.15, 0.2) is 0 Å². The first-order valence-corrected chi connectivity index (χ1v) is 8.13. The van der Waals surface area contributed by atoms with Crippen molar-refractivity contribution in [1.82, 2.24) is 19.9 Å². The lowest BCUT2D eigenvalue weighted by Gasteiger charge is -2.38. The normalized spacial score (nSPS) is 24.4. The summed E-state index contributed by atoms with van der Waals surface area (Å²) in [5.41, 5.74) is 0. The van der Waals surface area contributed by atoms with E-state index >= 15 is 0 Å². The van der Waals surface area contributed by atoms with Crippen LogP contribution in [0.2, 0.25) is 5.28 Å². The number of nitrogens with zero attached hydrogens (tertiary/aromatic N) is 6. The van der Waals surface area contributed by atoms with Gasteiger partial charge in [-0.3, -0.25) is 0 Å². The minimum atomic E-state index is 0.298. The van der Waals surface area contributed by atoms with E-state index in [0.29, 0.717) is 11.3 Å². The number of hydrogen-bond acceptors (Lipinski definition) is 6. The van der Waals surface area contributed by atoms with Crippen LogP contribution < -0.4 is 9.80 Å². The Hall–Kier alpha value is -1.14. The molecule has 0 radical (unpaired) electrons. The Kier molecular flexibility index (Phi) is 4.45. The van der Waals surface area contributed by atoms with E-state index in [-0.39, 0.29) is 0 Å². The van der Waals surface area contributed by atoms with E-state index in [2.05, 4.69) is 43.6 Å². The molecule has 1 aromatic heterocycles. The fraction of sp³-hybridized carbons (Fsp3) is 0.786. The van der Waals surface area contributed by atoms with Crippen molar-refractivity contribution in [3.63, 3.8) is 0 Å². The van der Waals surface area contributed by atoms with Gasteiger partial charge in [-0.05, 0) is 44.8 Å². The zero-order valence-electron chi connectivity index (χ0n) is 12.8. The van der Waals surface area contributed by atoms with Gasteiger partial charge in [0.1, 0.15) is 0 Å². The summed E-state index contributed by atoms with van der Waals surface area (Å²) in [4.78, 5) is 20.1. The number of anilines is 2. The average molecular weight is 311 g/mol. The fourth-order valence-corrected chi connectivity index (χ4v) is 3.09. The van der Waals surface area contributed by atoms with Crippen molar-refractivity contribution in [2.75, 3.05) is 49.6 Å². The summed E-state index contributed by atoms with van der Waals surface area (Å²) in [7, 11) is 2.15. The van der Waals surface area contributed by atoms with Crippen molar-refractivity contribution in [3.8, 4) is 0 Å². The average Bonchev–Trinajstić information content (AvgIpc) is 2.50. The molecule has 1 aromatic rings. The second-order valence-electron chi connectivity index (χ2n) is 6.03. The molecule has 0 saturated carbocycles. The summed E-state index contributed by atoms with van der Waals surface area (Å²) in [6.45, 7) is 7.12. The molecular formula is C14H23ClN6. The smallest absolute Gasteiger partial charge is 0.231 e. The molecule has 3 rings (SSSR count). The van der Waals surface area contributed by atoms with Gasteiger partial charge in [0, 0.05) is 38.8 Å². The molecule has 1 unspecified atom stereocenters. The molecule has 2 fully saturated rings. The van der Waals surface area contributed by atoms with Crippen LogP contribution in [-0.2, 0) is 0 Å². The lowest BCUT2D eigenvalue weighted by atomic mass is 10.1. The van der Waals surface area contributed by atoms with Gasteiger partial charge >= 0.3 is 0 Å². The Morgan fingerprint density at radius 2 is 1.57 bits per heavy atom. The van der Waals surface area contributed by atoms with Gasteiger partial charge < -0.3 is 14.7 Å². The minimum absolute atomic E-state index is 0.298. The third-order valence-electron chi connectivity index (χ3n) is 4.47. The van der Waals surface area contributed by atoms with E-state index in [1.54, 1.807) is 0 Å². The third kappa shape index (κ3) is 3.37. The largest absolute Gasteiger partial charge is 0.341 e. The highest BCUT2D eigenvalue weighted by atomic mass is 35.5. The van der Waals surface area contributed by atoms with Crippen LogP contribution in [0.5, 0.6) is 0 Å². The monoisotopic (exact) mass is 310 g/mol. The Balaban J connectivity index is 1.80. The van der Waals surface area contributed by atoms with Crippen LogP contribution in [0.25, 0.3) is 0 Å². The summed E-state index contributed by atoms with van der Waals surface area (Å²) in [5, 5.41) is 0.298. The number of piperazine rings is 1. The van der Waals surface area contributed by atoms with Crippen molar-refractivity contribution in [1.29, 1.82) is 0 Å². The molecule has 0 amide bonds. The molecule has 7 heteroatoms. The van der Waals surface area contributed by atoms with E-state index in [4.69, 9.17) is 11.6 Å². The molecular weight excluding hydrogens is 288 g/mol. The molecule has 0 spiro atoms. The molecule has 0 aliphatic carbocycles. The van der Waals surface area contributed by atoms with Crippen LogP contribution in [0, 0.1) is 0 Å². The van der Waals surface area contributed by atoms with Crippen LogP contribution in [0.3, 0.4) is 0 Å². The molecule has 0 N–H and O–H groups in total. The number of aromatic nitrogens is 3. The predicted octanol–water partition coefficient (Wildman–Crippen LogP) is 1.66. The Labute approximate surface area is 131 Å². The first kappa shape index (κ1) is 14.8. The second-order valence-corrected chi connectivity index (χ2v) is 6.37. The summed E-state index contributed by atoms with van der Waals surface area (Å²) < 4.78 is 0. The number of likely N-dealkylation sites (N-methyl/N-ethyl adjacent to an activating group) is 1. The van der Waals surface area contributed by atoms with Gasteiger partial charge in [-0.25, -0.2) is 0 Å². The highest BCUT2D eigenvalue weighted by Gasteiger charge is 2.24. The Morgan fingerprint density at radius 1 is 0.905 bits per heavy atom. The maximum absolute atomic E-state index is 6.13. The first-order valence-electron chi connectivity index (χ1n) is 7.75. The van der Waals surface area contributed by atoms with Gasteiger partial charge in [-0.1, -0.05) is 0 Å². The third-order valence-corrected chi connectivity index (χ3v) is 4.63. The van der Waals surface area contributed by atoms with Crippen LogP contribution in [0.4, 0.5) is 11.9 Å². The lowest BCUT2D eigenvalue weighted by Crippen LogP contribution is -2.50. The minimum Gasteiger partial charge on any atom is -0.341 e. The first-order chi connectivity index (χ1) is 10.1. The van der Waals surface area contributed by atoms with E-state index < -0.39 is 0 Å². The van der Waals surface area contributed by atoms with E-state index in [9.17, 15) is 0 Å². The molecule has 2 aliphatic rings. The maximum atomic E-state index is 6.13. The molecule has 2 saturated heterocycles. The highest BCUT2D eigenvalue weighted by Crippen LogP contribution is 2.21. The predicted molar refractivity (Wildman–Crippen MR) is 85.2 cm³/mol.